The second kappa shape index (κ2) is 11.0. The molecule has 1 atom stereocenters. The van der Waals surface area contributed by atoms with E-state index in [2.05, 4.69) is 0 Å². The predicted octanol–water partition coefficient (Wildman–Crippen LogP) is 3.98. The number of allylic oxidation sites excluding steroid dienone is 1. The summed E-state index contributed by atoms with van der Waals surface area (Å²) in [5, 5.41) is 12.5. The maximum absolute atomic E-state index is 14.2. The van der Waals surface area contributed by atoms with Crippen molar-refractivity contribution in [2.45, 2.75) is 26.8 Å². The van der Waals surface area contributed by atoms with Crippen molar-refractivity contribution < 1.29 is 19.4 Å². The number of hydrogen-bond acceptors (Lipinski definition) is 7. The van der Waals surface area contributed by atoms with Crippen LogP contribution in [0.1, 0.15) is 37.9 Å². The van der Waals surface area contributed by atoms with Crippen LogP contribution >= 0.6 is 11.3 Å². The van der Waals surface area contributed by atoms with Gasteiger partial charge >= 0.3 is 0 Å². The number of benzene rings is 3. The second-order valence-corrected chi connectivity index (χ2v) is 10.4. The molecule has 0 radical (unpaired) electrons. The van der Waals surface area contributed by atoms with E-state index in [0.29, 0.717) is 50.8 Å². The first-order valence-corrected chi connectivity index (χ1v) is 13.9. The number of nitrogens with zero attached hydrogens (tertiary/aromatic N) is 3. The third kappa shape index (κ3) is 4.46. The standard InChI is InChI=1S/C31H31N3O5S/c1-6-33(7-2)30(37)25-18(3)32-31-34(27(25)26-21-13-9-8-11-19(21)15-16-22(26)38-4)29(36)24(40-31)17-20-12-10-14-23(39-5)28(20)35/h8-17,27,35H,6-7H2,1-5H3/b24-17+/t27-/m1/s1. The van der Waals surface area contributed by atoms with E-state index in [9.17, 15) is 14.7 Å². The quantitative estimate of drug-likeness (QED) is 0.371. The number of rotatable bonds is 7. The molecule has 40 heavy (non-hydrogen) atoms. The van der Waals surface area contributed by atoms with E-state index in [-0.39, 0.29) is 17.2 Å². The highest BCUT2D eigenvalue weighted by Gasteiger charge is 2.36. The molecule has 5 rings (SSSR count). The maximum Gasteiger partial charge on any atom is 0.271 e. The van der Waals surface area contributed by atoms with Gasteiger partial charge in [0.2, 0.25) is 0 Å². The molecule has 0 fully saturated rings. The first-order valence-electron chi connectivity index (χ1n) is 13.1. The van der Waals surface area contributed by atoms with Gasteiger partial charge < -0.3 is 19.5 Å². The number of ether oxygens (including phenoxy) is 2. The van der Waals surface area contributed by atoms with Crippen molar-refractivity contribution in [2.24, 2.45) is 4.99 Å². The summed E-state index contributed by atoms with van der Waals surface area (Å²) in [6.45, 7) is 6.71. The minimum absolute atomic E-state index is 0.0586. The van der Waals surface area contributed by atoms with Crippen LogP contribution in [-0.4, -0.2) is 47.8 Å². The van der Waals surface area contributed by atoms with Crippen LogP contribution in [-0.2, 0) is 4.79 Å². The summed E-state index contributed by atoms with van der Waals surface area (Å²) >= 11 is 1.21. The van der Waals surface area contributed by atoms with Crippen molar-refractivity contribution in [3.63, 3.8) is 0 Å². The minimum Gasteiger partial charge on any atom is -0.504 e. The molecule has 0 saturated carbocycles. The summed E-state index contributed by atoms with van der Waals surface area (Å²) in [4.78, 5) is 35.2. The third-order valence-corrected chi connectivity index (χ3v) is 8.25. The van der Waals surface area contributed by atoms with E-state index >= 15 is 0 Å². The average Bonchev–Trinajstić information content (AvgIpc) is 3.27. The van der Waals surface area contributed by atoms with Crippen LogP contribution in [0.4, 0.5) is 0 Å². The molecule has 0 saturated heterocycles. The van der Waals surface area contributed by atoms with Gasteiger partial charge in [-0.25, -0.2) is 4.99 Å². The van der Waals surface area contributed by atoms with Gasteiger partial charge in [-0.3, -0.25) is 14.2 Å². The van der Waals surface area contributed by atoms with Crippen LogP contribution in [0.5, 0.6) is 17.2 Å². The Bertz CT molecular complexity index is 1830. The summed E-state index contributed by atoms with van der Waals surface area (Å²) in [5.41, 5.74) is 1.83. The lowest BCUT2D eigenvalue weighted by molar-refractivity contribution is -0.127. The van der Waals surface area contributed by atoms with E-state index < -0.39 is 6.04 Å². The summed E-state index contributed by atoms with van der Waals surface area (Å²) in [7, 11) is 3.06. The fourth-order valence-corrected chi connectivity index (χ4v) is 6.28. The Morgan fingerprint density at radius 2 is 1.77 bits per heavy atom. The van der Waals surface area contributed by atoms with Gasteiger partial charge in [0.1, 0.15) is 11.8 Å². The number of methoxy groups -OCH3 is 2. The largest absolute Gasteiger partial charge is 0.504 e. The van der Waals surface area contributed by atoms with Crippen molar-refractivity contribution in [3.05, 3.63) is 96.7 Å². The Hall–Kier alpha value is -4.37. The average molecular weight is 558 g/mol. The lowest BCUT2D eigenvalue weighted by atomic mass is 9.90. The first-order chi connectivity index (χ1) is 19.3. The van der Waals surface area contributed by atoms with Crippen molar-refractivity contribution >= 4 is 34.1 Å². The molecule has 3 aromatic carbocycles. The van der Waals surface area contributed by atoms with Gasteiger partial charge in [-0.1, -0.05) is 53.8 Å². The highest BCUT2D eigenvalue weighted by atomic mass is 32.1. The molecule has 0 spiro atoms. The highest BCUT2D eigenvalue weighted by Crippen LogP contribution is 2.40. The normalized spacial score (nSPS) is 15.1. The van der Waals surface area contributed by atoms with Gasteiger partial charge in [0, 0.05) is 24.2 Å². The molecular weight excluding hydrogens is 526 g/mol. The molecule has 0 aliphatic carbocycles. The maximum atomic E-state index is 14.2. The predicted molar refractivity (Wildman–Crippen MR) is 157 cm³/mol. The number of carbonyl (C=O) groups is 1. The van der Waals surface area contributed by atoms with Gasteiger partial charge in [0.25, 0.3) is 11.5 Å². The fraction of sp³-hybridized carbons (Fsp3) is 0.258. The lowest BCUT2D eigenvalue weighted by Gasteiger charge is -2.30. The van der Waals surface area contributed by atoms with Crippen molar-refractivity contribution in [3.8, 4) is 17.2 Å². The summed E-state index contributed by atoms with van der Waals surface area (Å²) in [6.07, 6.45) is 1.63. The molecule has 1 aromatic heterocycles. The van der Waals surface area contributed by atoms with Crippen LogP contribution < -0.4 is 24.4 Å². The van der Waals surface area contributed by atoms with Gasteiger partial charge in [0.15, 0.2) is 16.3 Å². The highest BCUT2D eigenvalue weighted by molar-refractivity contribution is 7.07. The monoisotopic (exact) mass is 557 g/mol. The molecule has 206 valence electrons. The Morgan fingerprint density at radius 3 is 2.48 bits per heavy atom. The first kappa shape index (κ1) is 27.2. The minimum atomic E-state index is -0.772. The number of phenolic OH excluding ortho intramolecular Hbond substituents is 1. The van der Waals surface area contributed by atoms with E-state index in [0.717, 1.165) is 16.3 Å². The van der Waals surface area contributed by atoms with Gasteiger partial charge in [-0.15, -0.1) is 0 Å². The number of amides is 1. The zero-order valence-electron chi connectivity index (χ0n) is 23.1. The molecule has 9 heteroatoms. The van der Waals surface area contributed by atoms with E-state index in [1.165, 1.54) is 18.4 Å². The number of carbonyl (C=O) groups excluding carboxylic acids is 1. The molecule has 0 bridgehead atoms. The number of aromatic nitrogens is 1. The molecule has 8 nitrogen and oxygen atoms in total. The second-order valence-electron chi connectivity index (χ2n) is 9.36. The molecule has 1 aliphatic rings. The lowest BCUT2D eigenvalue weighted by Crippen LogP contribution is -2.43. The Morgan fingerprint density at radius 1 is 1.05 bits per heavy atom. The zero-order valence-corrected chi connectivity index (χ0v) is 23.9. The molecular formula is C31H31N3O5S. The number of likely N-dealkylation sites (N-methyl/N-ethyl adjacent to an activating group) is 1. The fourth-order valence-electron chi connectivity index (χ4n) is 5.25. The summed E-state index contributed by atoms with van der Waals surface area (Å²) in [6, 6.07) is 16.0. The Balaban J connectivity index is 1.86. The number of para-hydroxylation sites is 1. The van der Waals surface area contributed by atoms with Crippen LogP contribution in [0.25, 0.3) is 16.8 Å². The van der Waals surface area contributed by atoms with Crippen LogP contribution in [0, 0.1) is 0 Å². The molecule has 1 amide bonds. The summed E-state index contributed by atoms with van der Waals surface area (Å²) < 4.78 is 13.0. The number of aromatic hydroxyl groups is 1. The van der Waals surface area contributed by atoms with Crippen molar-refractivity contribution in [1.29, 1.82) is 0 Å². The van der Waals surface area contributed by atoms with E-state index in [1.807, 2.05) is 57.2 Å². The van der Waals surface area contributed by atoms with Crippen LogP contribution in [0.2, 0.25) is 0 Å². The van der Waals surface area contributed by atoms with Crippen molar-refractivity contribution in [2.75, 3.05) is 27.3 Å². The van der Waals surface area contributed by atoms with E-state index in [1.54, 1.807) is 40.9 Å². The summed E-state index contributed by atoms with van der Waals surface area (Å²) in [5.74, 6) is 0.647. The number of thiazole rings is 1. The van der Waals surface area contributed by atoms with Crippen LogP contribution in [0.15, 0.2) is 75.7 Å². The molecule has 0 unspecified atom stereocenters. The topological polar surface area (TPSA) is 93.4 Å². The van der Waals surface area contributed by atoms with Gasteiger partial charge in [0.05, 0.1) is 30.0 Å². The van der Waals surface area contributed by atoms with Gasteiger partial charge in [-0.05, 0) is 49.8 Å². The number of hydrogen-bond donors (Lipinski definition) is 1. The van der Waals surface area contributed by atoms with E-state index in [4.69, 9.17) is 14.5 Å². The molecule has 1 aliphatic heterocycles. The SMILES string of the molecule is CCN(CC)C(=O)C1=C(C)N=c2s/c(=C/c3cccc(OC)c3O)c(=O)n2[C@H]1c1c(OC)ccc2ccccc12. The number of phenols is 1. The zero-order chi connectivity index (χ0) is 28.6. The smallest absolute Gasteiger partial charge is 0.271 e. The molecule has 1 N–H and O–H groups in total. The van der Waals surface area contributed by atoms with Crippen LogP contribution in [0.3, 0.4) is 0 Å². The van der Waals surface area contributed by atoms with Crippen molar-refractivity contribution in [1.82, 2.24) is 9.47 Å². The Labute approximate surface area is 235 Å². The van der Waals surface area contributed by atoms with Gasteiger partial charge in [-0.2, -0.15) is 0 Å². The molecule has 4 aromatic rings. The number of fused-ring (bicyclic) bond motifs is 2. The Kier molecular flexibility index (Phi) is 7.49. The third-order valence-electron chi connectivity index (χ3n) is 7.26. The molecule has 2 heterocycles.